The van der Waals surface area contributed by atoms with E-state index in [0.29, 0.717) is 42.1 Å². The van der Waals surface area contributed by atoms with Crippen molar-refractivity contribution in [2.24, 2.45) is 5.92 Å². The van der Waals surface area contributed by atoms with Crippen LogP contribution in [0.5, 0.6) is 0 Å². The van der Waals surface area contributed by atoms with Crippen LogP contribution in [0.15, 0.2) is 24.7 Å². The van der Waals surface area contributed by atoms with Crippen molar-refractivity contribution in [1.82, 2.24) is 19.9 Å². The summed E-state index contributed by atoms with van der Waals surface area (Å²) in [4.78, 5) is 38.0. The largest absolute Gasteiger partial charge is 0.390 e. The number of anilines is 2. The first-order chi connectivity index (χ1) is 15.2. The van der Waals surface area contributed by atoms with Gasteiger partial charge in [-0.2, -0.15) is 5.26 Å². The molecule has 1 aliphatic carbocycles. The molecule has 10 heteroatoms. The second-order valence-corrected chi connectivity index (χ2v) is 8.62. The molecule has 1 atom stereocenters. The molecular formula is C22H27N7O3. The number of aliphatic hydroxyl groups is 1. The van der Waals surface area contributed by atoms with Crippen LogP contribution in [0.3, 0.4) is 0 Å². The van der Waals surface area contributed by atoms with Crippen LogP contribution < -0.4 is 10.6 Å². The zero-order chi connectivity index (χ0) is 23.3. The number of carbonyl (C=O) groups excluding carboxylic acids is 2. The zero-order valence-corrected chi connectivity index (χ0v) is 18.4. The Morgan fingerprint density at radius 3 is 2.66 bits per heavy atom. The SMILES string of the molecule is CN(C)CC(CC=O)Nc1cc(-c2cnc(NC(=O)C3CC(C)(O)C3)cn2)cnc1C#N. The summed E-state index contributed by atoms with van der Waals surface area (Å²) < 4.78 is 0. The van der Waals surface area contributed by atoms with E-state index in [9.17, 15) is 20.0 Å². The number of hydrogen-bond donors (Lipinski definition) is 3. The molecule has 168 valence electrons. The monoisotopic (exact) mass is 437 g/mol. The Hall–Kier alpha value is -3.42. The van der Waals surface area contributed by atoms with Crippen LogP contribution >= 0.6 is 0 Å². The number of hydrogen-bond acceptors (Lipinski definition) is 9. The van der Waals surface area contributed by atoms with Crippen molar-refractivity contribution < 1.29 is 14.7 Å². The van der Waals surface area contributed by atoms with Gasteiger partial charge in [-0.3, -0.25) is 9.78 Å². The summed E-state index contributed by atoms with van der Waals surface area (Å²) in [6.45, 7) is 2.32. The molecule has 2 heterocycles. The van der Waals surface area contributed by atoms with E-state index in [2.05, 4.69) is 31.7 Å². The molecule has 1 saturated carbocycles. The summed E-state index contributed by atoms with van der Waals surface area (Å²) in [5, 5.41) is 25.1. The molecule has 10 nitrogen and oxygen atoms in total. The average Bonchev–Trinajstić information content (AvgIpc) is 2.72. The fourth-order valence-electron chi connectivity index (χ4n) is 3.72. The Balaban J connectivity index is 1.73. The summed E-state index contributed by atoms with van der Waals surface area (Å²) in [7, 11) is 3.81. The van der Waals surface area contributed by atoms with Gasteiger partial charge in [0.05, 0.1) is 29.4 Å². The van der Waals surface area contributed by atoms with Gasteiger partial charge in [0.2, 0.25) is 5.91 Å². The van der Waals surface area contributed by atoms with Gasteiger partial charge in [-0.05, 0) is 39.9 Å². The molecule has 0 spiro atoms. The number of likely N-dealkylation sites (N-methyl/N-ethyl adjacent to an activating group) is 1. The standard InChI is InChI=1S/C22H27N7O3/c1-22(32)7-15(8-22)21(31)28-20-12-25-19(11-26-20)14-6-17(18(9-23)24-10-14)27-16(4-5-30)13-29(2)3/h5-6,10-12,15-16,27,32H,4,7-8,13H2,1-3H3,(H,26,28,31). The molecule has 0 bridgehead atoms. The van der Waals surface area contributed by atoms with Gasteiger partial charge in [-0.25, -0.2) is 9.97 Å². The van der Waals surface area contributed by atoms with Crippen molar-refractivity contribution in [1.29, 1.82) is 5.26 Å². The van der Waals surface area contributed by atoms with Crippen LogP contribution in [-0.4, -0.2) is 69.4 Å². The summed E-state index contributed by atoms with van der Waals surface area (Å²) in [5.74, 6) is -0.0983. The predicted octanol–water partition coefficient (Wildman–Crippen LogP) is 1.44. The van der Waals surface area contributed by atoms with Crippen LogP contribution in [0.1, 0.15) is 31.9 Å². The first kappa shape index (κ1) is 23.2. The maximum atomic E-state index is 12.2. The van der Waals surface area contributed by atoms with Gasteiger partial charge in [0.25, 0.3) is 0 Å². The van der Waals surface area contributed by atoms with E-state index < -0.39 is 5.60 Å². The van der Waals surface area contributed by atoms with Crippen molar-refractivity contribution in [3.05, 3.63) is 30.4 Å². The lowest BCUT2D eigenvalue weighted by molar-refractivity contribution is -0.133. The van der Waals surface area contributed by atoms with E-state index in [1.807, 2.05) is 19.0 Å². The number of nitriles is 1. The lowest BCUT2D eigenvalue weighted by Gasteiger charge is -2.39. The van der Waals surface area contributed by atoms with E-state index in [-0.39, 0.29) is 30.0 Å². The van der Waals surface area contributed by atoms with E-state index in [1.165, 1.54) is 18.6 Å². The molecule has 1 aliphatic rings. The molecule has 2 aromatic rings. The summed E-state index contributed by atoms with van der Waals surface area (Å²) >= 11 is 0. The Bertz CT molecular complexity index is 1010. The van der Waals surface area contributed by atoms with Gasteiger partial charge in [0, 0.05) is 36.7 Å². The third-order valence-electron chi connectivity index (χ3n) is 5.26. The minimum absolute atomic E-state index is 0.178. The third-order valence-corrected chi connectivity index (χ3v) is 5.26. The van der Waals surface area contributed by atoms with Crippen molar-refractivity contribution in [2.45, 2.75) is 37.8 Å². The number of carbonyl (C=O) groups is 2. The van der Waals surface area contributed by atoms with E-state index in [1.54, 1.807) is 13.0 Å². The van der Waals surface area contributed by atoms with Crippen molar-refractivity contribution in [2.75, 3.05) is 31.3 Å². The second kappa shape index (κ2) is 9.80. The van der Waals surface area contributed by atoms with Gasteiger partial charge in [0.15, 0.2) is 11.5 Å². The van der Waals surface area contributed by atoms with Gasteiger partial charge < -0.3 is 25.4 Å². The Kier molecular flexibility index (Phi) is 7.12. The van der Waals surface area contributed by atoms with Crippen LogP contribution in [0.4, 0.5) is 11.5 Å². The fourth-order valence-corrected chi connectivity index (χ4v) is 3.72. The van der Waals surface area contributed by atoms with E-state index >= 15 is 0 Å². The van der Waals surface area contributed by atoms with E-state index in [4.69, 9.17) is 0 Å². The van der Waals surface area contributed by atoms with Gasteiger partial charge >= 0.3 is 0 Å². The second-order valence-electron chi connectivity index (χ2n) is 8.62. The number of nitrogens with one attached hydrogen (secondary N) is 2. The van der Waals surface area contributed by atoms with E-state index in [0.717, 1.165) is 6.29 Å². The van der Waals surface area contributed by atoms with Crippen LogP contribution in [0.25, 0.3) is 11.3 Å². The highest BCUT2D eigenvalue weighted by molar-refractivity contribution is 5.92. The predicted molar refractivity (Wildman–Crippen MR) is 119 cm³/mol. The summed E-state index contributed by atoms with van der Waals surface area (Å²) in [6, 6.07) is 3.63. The zero-order valence-electron chi connectivity index (χ0n) is 18.4. The maximum absolute atomic E-state index is 12.2. The van der Waals surface area contributed by atoms with Gasteiger partial charge in [-0.15, -0.1) is 0 Å². The first-order valence-corrected chi connectivity index (χ1v) is 10.3. The van der Waals surface area contributed by atoms with Crippen molar-refractivity contribution in [3.63, 3.8) is 0 Å². The minimum Gasteiger partial charge on any atom is -0.390 e. The normalized spacial score (nSPS) is 20.7. The van der Waals surface area contributed by atoms with Crippen LogP contribution in [0.2, 0.25) is 0 Å². The minimum atomic E-state index is -0.775. The number of amides is 1. The van der Waals surface area contributed by atoms with Crippen molar-refractivity contribution in [3.8, 4) is 17.3 Å². The van der Waals surface area contributed by atoms with Gasteiger partial charge in [0.1, 0.15) is 12.4 Å². The molecular weight excluding hydrogens is 410 g/mol. The third kappa shape index (κ3) is 5.84. The highest BCUT2D eigenvalue weighted by Crippen LogP contribution is 2.37. The summed E-state index contributed by atoms with van der Waals surface area (Å²) in [5.41, 5.74) is 1.12. The molecule has 3 N–H and O–H groups in total. The lowest BCUT2D eigenvalue weighted by atomic mass is 9.72. The highest BCUT2D eigenvalue weighted by atomic mass is 16.3. The molecule has 3 rings (SSSR count). The van der Waals surface area contributed by atoms with Crippen LogP contribution in [-0.2, 0) is 9.59 Å². The highest BCUT2D eigenvalue weighted by Gasteiger charge is 2.42. The van der Waals surface area contributed by atoms with Crippen LogP contribution in [0, 0.1) is 17.2 Å². The topological polar surface area (TPSA) is 144 Å². The number of aromatic nitrogens is 3. The Labute approximate surface area is 186 Å². The number of rotatable bonds is 9. The Morgan fingerprint density at radius 2 is 2.09 bits per heavy atom. The van der Waals surface area contributed by atoms with Gasteiger partial charge in [-0.1, -0.05) is 0 Å². The molecule has 0 saturated heterocycles. The van der Waals surface area contributed by atoms with Crippen molar-refractivity contribution >= 4 is 23.7 Å². The smallest absolute Gasteiger partial charge is 0.228 e. The molecule has 1 unspecified atom stereocenters. The first-order valence-electron chi connectivity index (χ1n) is 10.3. The lowest BCUT2D eigenvalue weighted by Crippen LogP contribution is -2.46. The number of nitrogens with zero attached hydrogens (tertiary/aromatic N) is 5. The molecule has 0 aliphatic heterocycles. The molecule has 0 radical (unpaired) electrons. The quantitative estimate of drug-likeness (QED) is 0.496. The average molecular weight is 438 g/mol. The fraction of sp³-hybridized carbons (Fsp3) is 0.455. The molecule has 1 amide bonds. The summed E-state index contributed by atoms with van der Waals surface area (Å²) in [6.07, 6.45) is 6.49. The molecule has 32 heavy (non-hydrogen) atoms. The molecule has 2 aromatic heterocycles. The molecule has 1 fully saturated rings. The molecule has 0 aromatic carbocycles. The number of pyridine rings is 1. The Morgan fingerprint density at radius 1 is 1.34 bits per heavy atom. The maximum Gasteiger partial charge on any atom is 0.228 e. The number of aldehydes is 1.